The van der Waals surface area contributed by atoms with Gasteiger partial charge < -0.3 is 0 Å². The number of Topliss-reactive ketones (excluding diaryl/α,β-unsaturated/α-hetero) is 2. The van der Waals surface area contributed by atoms with Crippen molar-refractivity contribution in [3.8, 4) is 0 Å². The van der Waals surface area contributed by atoms with E-state index in [2.05, 4.69) is 18.2 Å². The van der Waals surface area contributed by atoms with Gasteiger partial charge in [-0.3, -0.25) is 9.59 Å². The molecule has 0 aliphatic heterocycles. The van der Waals surface area contributed by atoms with E-state index in [4.69, 9.17) is 0 Å². The highest BCUT2D eigenvalue weighted by atomic mass is 16.1. The number of hydrogen-bond acceptors (Lipinski definition) is 2. The van der Waals surface area contributed by atoms with E-state index in [-0.39, 0.29) is 11.6 Å². The predicted octanol–water partition coefficient (Wildman–Crippen LogP) is 4.37. The van der Waals surface area contributed by atoms with E-state index in [1.54, 1.807) is 0 Å². The van der Waals surface area contributed by atoms with Crippen LogP contribution in [0.3, 0.4) is 0 Å². The molecule has 3 rings (SSSR count). The van der Waals surface area contributed by atoms with Gasteiger partial charge in [0.1, 0.15) is 0 Å². The Labute approximate surface area is 131 Å². The van der Waals surface area contributed by atoms with Crippen molar-refractivity contribution >= 4 is 11.6 Å². The summed E-state index contributed by atoms with van der Waals surface area (Å²) in [7, 11) is 0. The molecule has 0 spiro atoms. The fourth-order valence-electron chi connectivity index (χ4n) is 3.55. The minimum Gasteiger partial charge on any atom is -0.294 e. The van der Waals surface area contributed by atoms with Gasteiger partial charge in [-0.1, -0.05) is 23.8 Å². The summed E-state index contributed by atoms with van der Waals surface area (Å²) in [6.45, 7) is 3.95. The van der Waals surface area contributed by atoms with E-state index in [9.17, 15) is 9.59 Å². The Bertz CT molecular complexity index is 704. The maximum absolute atomic E-state index is 12.4. The second kappa shape index (κ2) is 6.04. The van der Waals surface area contributed by atoms with Crippen molar-refractivity contribution in [2.75, 3.05) is 0 Å². The zero-order valence-electron chi connectivity index (χ0n) is 13.4. The summed E-state index contributed by atoms with van der Waals surface area (Å²) < 4.78 is 0. The van der Waals surface area contributed by atoms with Crippen molar-refractivity contribution in [1.82, 2.24) is 0 Å². The molecule has 2 heteroatoms. The number of carbonyl (C=O) groups is 2. The summed E-state index contributed by atoms with van der Waals surface area (Å²) in [5.74, 6) is 0.327. The van der Waals surface area contributed by atoms with Gasteiger partial charge >= 0.3 is 0 Å². The van der Waals surface area contributed by atoms with Crippen molar-refractivity contribution in [2.24, 2.45) is 0 Å². The van der Waals surface area contributed by atoms with E-state index in [1.165, 1.54) is 17.5 Å². The standard InChI is InChI=1S/C20H22O2/c1-13-10-14(2)18(20(22)11-13)8-9-19(21)17-7-6-15-4-3-5-16(15)12-17/h6-7,10,12H,3-5,8-9,11H2,1-2H3. The summed E-state index contributed by atoms with van der Waals surface area (Å²) in [5.41, 5.74) is 6.48. The molecule has 1 aromatic carbocycles. The second-order valence-electron chi connectivity index (χ2n) is 6.51. The lowest BCUT2D eigenvalue weighted by Crippen LogP contribution is -2.11. The number of benzene rings is 1. The largest absolute Gasteiger partial charge is 0.294 e. The van der Waals surface area contributed by atoms with Crippen LogP contribution in [0.1, 0.15) is 61.0 Å². The molecule has 0 aromatic heterocycles. The summed E-state index contributed by atoms with van der Waals surface area (Å²) in [6.07, 6.45) is 6.96. The monoisotopic (exact) mass is 294 g/mol. The Kier molecular flexibility index (Phi) is 4.10. The first-order valence-corrected chi connectivity index (χ1v) is 8.09. The molecule has 0 heterocycles. The summed E-state index contributed by atoms with van der Waals surface area (Å²) in [4.78, 5) is 24.5. The minimum atomic E-state index is 0.147. The lowest BCUT2D eigenvalue weighted by molar-refractivity contribution is -0.115. The maximum Gasteiger partial charge on any atom is 0.163 e. The lowest BCUT2D eigenvalue weighted by Gasteiger charge is -2.15. The molecule has 0 saturated heterocycles. The molecule has 2 nitrogen and oxygen atoms in total. The zero-order valence-corrected chi connectivity index (χ0v) is 13.4. The van der Waals surface area contributed by atoms with Crippen LogP contribution in [0.2, 0.25) is 0 Å². The van der Waals surface area contributed by atoms with E-state index >= 15 is 0 Å². The fraction of sp³-hybridized carbons (Fsp3) is 0.400. The number of fused-ring (bicyclic) bond motifs is 1. The van der Waals surface area contributed by atoms with Gasteiger partial charge in [-0.05, 0) is 67.9 Å². The Morgan fingerprint density at radius 2 is 1.91 bits per heavy atom. The molecule has 0 amide bonds. The van der Waals surface area contributed by atoms with E-state index in [0.29, 0.717) is 19.3 Å². The maximum atomic E-state index is 12.4. The fourth-order valence-corrected chi connectivity index (χ4v) is 3.55. The molecular weight excluding hydrogens is 272 g/mol. The van der Waals surface area contributed by atoms with Gasteiger partial charge in [0.05, 0.1) is 0 Å². The number of aryl methyl sites for hydroxylation is 2. The molecule has 2 aliphatic rings. The Balaban J connectivity index is 1.70. The average Bonchev–Trinajstić information content (AvgIpc) is 2.93. The highest BCUT2D eigenvalue weighted by Gasteiger charge is 2.19. The minimum absolute atomic E-state index is 0.147. The first-order chi connectivity index (χ1) is 10.5. The summed E-state index contributed by atoms with van der Waals surface area (Å²) >= 11 is 0. The molecule has 22 heavy (non-hydrogen) atoms. The van der Waals surface area contributed by atoms with Crippen LogP contribution in [-0.4, -0.2) is 11.6 Å². The van der Waals surface area contributed by atoms with Gasteiger partial charge in [-0.25, -0.2) is 0 Å². The van der Waals surface area contributed by atoms with Gasteiger partial charge in [0.15, 0.2) is 11.6 Å². The first-order valence-electron chi connectivity index (χ1n) is 8.09. The number of hydrogen-bond donors (Lipinski definition) is 0. The molecular formula is C20H22O2. The SMILES string of the molecule is CC1=CC(C)=C(CCC(=O)c2ccc3c(c2)CCC3)C(=O)C1. The Hall–Kier alpha value is -1.96. The summed E-state index contributed by atoms with van der Waals surface area (Å²) in [5, 5.41) is 0. The summed E-state index contributed by atoms with van der Waals surface area (Å²) in [6, 6.07) is 6.09. The number of carbonyl (C=O) groups excluding carboxylic acids is 2. The molecule has 1 aromatic rings. The molecule has 0 radical (unpaired) electrons. The van der Waals surface area contributed by atoms with E-state index in [0.717, 1.165) is 35.1 Å². The van der Waals surface area contributed by atoms with E-state index < -0.39 is 0 Å². The molecule has 114 valence electrons. The topological polar surface area (TPSA) is 34.1 Å². The van der Waals surface area contributed by atoms with Gasteiger partial charge in [0.2, 0.25) is 0 Å². The quantitative estimate of drug-likeness (QED) is 0.773. The van der Waals surface area contributed by atoms with Gasteiger partial charge in [-0.15, -0.1) is 0 Å². The van der Waals surface area contributed by atoms with Crippen molar-refractivity contribution in [1.29, 1.82) is 0 Å². The molecule has 0 saturated carbocycles. The molecule has 0 bridgehead atoms. The van der Waals surface area contributed by atoms with Crippen molar-refractivity contribution in [3.05, 3.63) is 57.7 Å². The van der Waals surface area contributed by atoms with Crippen LogP contribution in [0.5, 0.6) is 0 Å². The third-order valence-electron chi connectivity index (χ3n) is 4.74. The molecule has 0 fully saturated rings. The van der Waals surface area contributed by atoms with Crippen LogP contribution in [-0.2, 0) is 17.6 Å². The smallest absolute Gasteiger partial charge is 0.163 e. The first kappa shape index (κ1) is 15.0. The molecule has 0 unspecified atom stereocenters. The van der Waals surface area contributed by atoms with Gasteiger partial charge in [-0.2, -0.15) is 0 Å². The zero-order chi connectivity index (χ0) is 15.7. The highest BCUT2D eigenvalue weighted by molar-refractivity contribution is 6.01. The normalized spacial score (nSPS) is 17.5. The average molecular weight is 294 g/mol. The van der Waals surface area contributed by atoms with Crippen molar-refractivity contribution in [3.63, 3.8) is 0 Å². The molecule has 2 aliphatic carbocycles. The van der Waals surface area contributed by atoms with Crippen LogP contribution in [0, 0.1) is 0 Å². The Morgan fingerprint density at radius 3 is 2.68 bits per heavy atom. The van der Waals surface area contributed by atoms with Crippen LogP contribution in [0.15, 0.2) is 41.0 Å². The van der Waals surface area contributed by atoms with Crippen LogP contribution >= 0.6 is 0 Å². The lowest BCUT2D eigenvalue weighted by atomic mass is 9.88. The number of allylic oxidation sites excluding steroid dienone is 4. The molecule has 0 N–H and O–H groups in total. The van der Waals surface area contributed by atoms with Gasteiger partial charge in [0, 0.05) is 18.4 Å². The van der Waals surface area contributed by atoms with Crippen molar-refractivity contribution in [2.45, 2.75) is 52.4 Å². The number of ketones is 2. The van der Waals surface area contributed by atoms with Crippen LogP contribution in [0.4, 0.5) is 0 Å². The third kappa shape index (κ3) is 2.96. The van der Waals surface area contributed by atoms with Crippen LogP contribution in [0.25, 0.3) is 0 Å². The third-order valence-corrected chi connectivity index (χ3v) is 4.74. The van der Waals surface area contributed by atoms with Crippen LogP contribution < -0.4 is 0 Å². The predicted molar refractivity (Wildman–Crippen MR) is 88.1 cm³/mol. The molecule has 0 atom stereocenters. The second-order valence-corrected chi connectivity index (χ2v) is 6.51. The highest BCUT2D eigenvalue weighted by Crippen LogP contribution is 2.26. The van der Waals surface area contributed by atoms with E-state index in [1.807, 2.05) is 19.9 Å². The van der Waals surface area contributed by atoms with Gasteiger partial charge in [0.25, 0.3) is 0 Å². The van der Waals surface area contributed by atoms with Crippen molar-refractivity contribution < 1.29 is 9.59 Å². The Morgan fingerprint density at radius 1 is 1.14 bits per heavy atom. The number of rotatable bonds is 4.